The Morgan fingerprint density at radius 3 is 2.76 bits per heavy atom. The molecule has 1 unspecified atom stereocenters. The number of carbonyl (C=O) groups is 1. The first kappa shape index (κ1) is 14.5. The minimum absolute atomic E-state index is 0.0272. The minimum atomic E-state index is -0.368. The van der Waals surface area contributed by atoms with Crippen LogP contribution in [0.25, 0.3) is 0 Å². The quantitative estimate of drug-likeness (QED) is 0.550. The molecule has 1 fully saturated rings. The molecule has 3 nitrogen and oxygen atoms in total. The van der Waals surface area contributed by atoms with E-state index in [1.165, 1.54) is 0 Å². The van der Waals surface area contributed by atoms with Gasteiger partial charge in [0, 0.05) is 0 Å². The molecule has 17 heavy (non-hydrogen) atoms. The van der Waals surface area contributed by atoms with Gasteiger partial charge in [-0.2, -0.15) is 0 Å². The first-order valence-corrected chi connectivity index (χ1v) is 7.03. The molecule has 1 rings (SSSR count). The Morgan fingerprint density at radius 1 is 1.47 bits per heavy atom. The number of hydrogen-bond acceptors (Lipinski definition) is 3. The zero-order chi connectivity index (χ0) is 12.7. The van der Waals surface area contributed by atoms with E-state index in [1.54, 1.807) is 0 Å². The van der Waals surface area contributed by atoms with Gasteiger partial charge in [-0.05, 0) is 44.6 Å². The third kappa shape index (κ3) is 4.30. The van der Waals surface area contributed by atoms with Crippen molar-refractivity contribution in [1.29, 1.82) is 0 Å². The van der Waals surface area contributed by atoms with Crippen LogP contribution in [0.3, 0.4) is 0 Å². The lowest BCUT2D eigenvalue weighted by molar-refractivity contribution is -0.151. The summed E-state index contributed by atoms with van der Waals surface area (Å²) in [6, 6.07) is 0. The summed E-state index contributed by atoms with van der Waals surface area (Å²) in [4.78, 5) is 12.1. The van der Waals surface area contributed by atoms with E-state index >= 15 is 0 Å². The summed E-state index contributed by atoms with van der Waals surface area (Å²) in [5.41, 5.74) is -0.368. The van der Waals surface area contributed by atoms with Crippen LogP contribution in [0.4, 0.5) is 0 Å². The van der Waals surface area contributed by atoms with Crippen molar-refractivity contribution in [3.05, 3.63) is 0 Å². The van der Waals surface area contributed by atoms with Gasteiger partial charge in [0.2, 0.25) is 0 Å². The lowest BCUT2D eigenvalue weighted by Gasteiger charge is -2.26. The monoisotopic (exact) mass is 241 g/mol. The number of carbonyl (C=O) groups excluding carboxylic acids is 1. The summed E-state index contributed by atoms with van der Waals surface area (Å²) in [5, 5.41) is 3.35. The Morgan fingerprint density at radius 2 is 2.24 bits per heavy atom. The molecule has 0 bridgehead atoms. The van der Waals surface area contributed by atoms with Crippen LogP contribution >= 0.6 is 0 Å². The number of esters is 1. The van der Waals surface area contributed by atoms with E-state index < -0.39 is 0 Å². The van der Waals surface area contributed by atoms with Crippen molar-refractivity contribution in [2.45, 2.75) is 64.8 Å². The normalized spacial score (nSPS) is 24.2. The van der Waals surface area contributed by atoms with E-state index in [0.717, 1.165) is 45.1 Å². The number of hydrogen-bond donors (Lipinski definition) is 1. The topological polar surface area (TPSA) is 38.3 Å². The Kier molecular flexibility index (Phi) is 5.96. The Labute approximate surface area is 105 Å². The fourth-order valence-corrected chi connectivity index (χ4v) is 2.52. The first-order chi connectivity index (χ1) is 8.10. The lowest BCUT2D eigenvalue weighted by Crippen LogP contribution is -2.48. The molecule has 1 atom stereocenters. The van der Waals surface area contributed by atoms with Gasteiger partial charge in [0.25, 0.3) is 0 Å². The van der Waals surface area contributed by atoms with Gasteiger partial charge < -0.3 is 10.1 Å². The molecular formula is C14H27NO2. The molecule has 0 radical (unpaired) electrons. The standard InChI is InChI=1S/C14H27NO2/c1-4-8-14(9-6-10-15-14)13(16)17-11-5-7-12(2)3/h12,15H,4-11H2,1-3H3. The van der Waals surface area contributed by atoms with Crippen LogP contribution in [0, 0.1) is 5.92 Å². The number of ether oxygens (including phenoxy) is 1. The second-order valence-electron chi connectivity index (χ2n) is 5.53. The van der Waals surface area contributed by atoms with Crippen LogP contribution in [0.5, 0.6) is 0 Å². The molecule has 0 aromatic carbocycles. The molecule has 0 aliphatic carbocycles. The molecule has 0 spiro atoms. The second-order valence-corrected chi connectivity index (χ2v) is 5.53. The highest BCUT2D eigenvalue weighted by Crippen LogP contribution is 2.26. The average Bonchev–Trinajstić information content (AvgIpc) is 2.74. The average molecular weight is 241 g/mol. The fraction of sp³-hybridized carbons (Fsp3) is 0.929. The van der Waals surface area contributed by atoms with Crippen molar-refractivity contribution < 1.29 is 9.53 Å². The zero-order valence-corrected chi connectivity index (χ0v) is 11.6. The fourth-order valence-electron chi connectivity index (χ4n) is 2.52. The van der Waals surface area contributed by atoms with Crippen LogP contribution < -0.4 is 5.32 Å². The minimum Gasteiger partial charge on any atom is -0.464 e. The predicted molar refractivity (Wildman–Crippen MR) is 69.9 cm³/mol. The van der Waals surface area contributed by atoms with Crippen LogP contribution in [0.2, 0.25) is 0 Å². The van der Waals surface area contributed by atoms with Gasteiger partial charge in [0.05, 0.1) is 6.61 Å². The maximum Gasteiger partial charge on any atom is 0.326 e. The molecule has 0 amide bonds. The lowest BCUT2D eigenvalue weighted by atomic mass is 9.92. The molecule has 3 heteroatoms. The highest BCUT2D eigenvalue weighted by atomic mass is 16.5. The molecule has 1 aliphatic heterocycles. The summed E-state index contributed by atoms with van der Waals surface area (Å²) in [7, 11) is 0. The van der Waals surface area contributed by atoms with E-state index in [4.69, 9.17) is 4.74 Å². The maximum absolute atomic E-state index is 12.1. The summed E-state index contributed by atoms with van der Waals surface area (Å²) < 4.78 is 5.43. The van der Waals surface area contributed by atoms with Crippen molar-refractivity contribution in [3.8, 4) is 0 Å². The van der Waals surface area contributed by atoms with Gasteiger partial charge >= 0.3 is 5.97 Å². The summed E-state index contributed by atoms with van der Waals surface area (Å²) >= 11 is 0. The number of nitrogens with one attached hydrogen (secondary N) is 1. The van der Waals surface area contributed by atoms with Crippen LogP contribution in [0.1, 0.15) is 59.3 Å². The van der Waals surface area contributed by atoms with Crippen molar-refractivity contribution in [3.63, 3.8) is 0 Å². The smallest absolute Gasteiger partial charge is 0.326 e. The van der Waals surface area contributed by atoms with Crippen molar-refractivity contribution in [1.82, 2.24) is 5.32 Å². The molecule has 1 aliphatic rings. The largest absolute Gasteiger partial charge is 0.464 e. The Balaban J connectivity index is 2.33. The zero-order valence-electron chi connectivity index (χ0n) is 11.6. The molecule has 1 saturated heterocycles. The van der Waals surface area contributed by atoms with E-state index in [2.05, 4.69) is 26.1 Å². The summed E-state index contributed by atoms with van der Waals surface area (Å²) in [6.45, 7) is 8.02. The van der Waals surface area contributed by atoms with Crippen LogP contribution in [-0.2, 0) is 9.53 Å². The van der Waals surface area contributed by atoms with Crippen LogP contribution in [0.15, 0.2) is 0 Å². The van der Waals surface area contributed by atoms with Crippen LogP contribution in [-0.4, -0.2) is 24.7 Å². The first-order valence-electron chi connectivity index (χ1n) is 7.03. The maximum atomic E-state index is 12.1. The molecule has 0 aromatic rings. The summed E-state index contributed by atoms with van der Waals surface area (Å²) in [6.07, 6.45) is 6.04. The highest BCUT2D eigenvalue weighted by molar-refractivity contribution is 5.81. The van der Waals surface area contributed by atoms with E-state index in [0.29, 0.717) is 12.5 Å². The third-order valence-electron chi connectivity index (χ3n) is 3.47. The van der Waals surface area contributed by atoms with Gasteiger partial charge in [-0.3, -0.25) is 4.79 Å². The molecule has 1 N–H and O–H groups in total. The van der Waals surface area contributed by atoms with Crippen molar-refractivity contribution in [2.75, 3.05) is 13.2 Å². The van der Waals surface area contributed by atoms with Gasteiger partial charge in [0.1, 0.15) is 5.54 Å². The van der Waals surface area contributed by atoms with Gasteiger partial charge in [-0.15, -0.1) is 0 Å². The Bertz CT molecular complexity index is 232. The summed E-state index contributed by atoms with van der Waals surface area (Å²) in [5.74, 6) is 0.656. The van der Waals surface area contributed by atoms with Crippen molar-refractivity contribution in [2.24, 2.45) is 5.92 Å². The molecule has 100 valence electrons. The second kappa shape index (κ2) is 7.00. The van der Waals surface area contributed by atoms with E-state index in [1.807, 2.05) is 0 Å². The molecule has 1 heterocycles. The van der Waals surface area contributed by atoms with E-state index in [-0.39, 0.29) is 11.5 Å². The highest BCUT2D eigenvalue weighted by Gasteiger charge is 2.41. The predicted octanol–water partition coefficient (Wildman–Crippen LogP) is 2.89. The molecule has 0 saturated carbocycles. The van der Waals surface area contributed by atoms with Gasteiger partial charge in [-0.1, -0.05) is 27.2 Å². The van der Waals surface area contributed by atoms with Gasteiger partial charge in [0.15, 0.2) is 0 Å². The third-order valence-corrected chi connectivity index (χ3v) is 3.47. The molecular weight excluding hydrogens is 214 g/mol. The van der Waals surface area contributed by atoms with Gasteiger partial charge in [-0.25, -0.2) is 0 Å². The Hall–Kier alpha value is -0.570. The number of rotatable bonds is 7. The molecule has 0 aromatic heterocycles. The van der Waals surface area contributed by atoms with Crippen molar-refractivity contribution >= 4 is 5.97 Å². The van der Waals surface area contributed by atoms with E-state index in [9.17, 15) is 4.79 Å². The SMILES string of the molecule is CCCC1(C(=O)OCCCC(C)C)CCCN1.